The lowest BCUT2D eigenvalue weighted by molar-refractivity contribution is -0.121. The number of unbranched alkanes of at least 4 members (excludes halogenated alkanes) is 2. The van der Waals surface area contributed by atoms with Crippen LogP contribution in [0.25, 0.3) is 10.9 Å². The van der Waals surface area contributed by atoms with E-state index in [2.05, 4.69) is 15.6 Å². The predicted molar refractivity (Wildman–Crippen MR) is 94.5 cm³/mol. The second-order valence-electron chi connectivity index (χ2n) is 5.69. The predicted octanol–water partition coefficient (Wildman–Crippen LogP) is 2.12. The van der Waals surface area contributed by atoms with Crippen molar-refractivity contribution in [1.29, 1.82) is 0 Å². The van der Waals surface area contributed by atoms with Gasteiger partial charge in [-0.15, -0.1) is 0 Å². The van der Waals surface area contributed by atoms with Gasteiger partial charge in [-0.25, -0.2) is 4.79 Å². The van der Waals surface area contributed by atoms with E-state index in [1.165, 1.54) is 0 Å². The monoisotopic (exact) mass is 328 g/mol. The largest absolute Gasteiger partial charge is 0.356 e. The van der Waals surface area contributed by atoms with E-state index in [9.17, 15) is 9.59 Å². The Balaban J connectivity index is 1.64. The molecule has 0 atom stereocenters. The van der Waals surface area contributed by atoms with Gasteiger partial charge in [-0.05, 0) is 30.9 Å². The van der Waals surface area contributed by atoms with Crippen molar-refractivity contribution in [3.05, 3.63) is 42.1 Å². The summed E-state index contributed by atoms with van der Waals surface area (Å²) in [7, 11) is 0. The van der Waals surface area contributed by atoms with Crippen LogP contribution in [0.4, 0.5) is 4.79 Å². The first kappa shape index (κ1) is 17.7. The summed E-state index contributed by atoms with van der Waals surface area (Å²) in [5.41, 5.74) is 7.12. The fraction of sp³-hybridized carbons (Fsp3) is 0.389. The second-order valence-corrected chi connectivity index (χ2v) is 5.69. The average molecular weight is 328 g/mol. The summed E-state index contributed by atoms with van der Waals surface area (Å²) in [4.78, 5) is 26.7. The van der Waals surface area contributed by atoms with E-state index in [1.807, 2.05) is 30.3 Å². The van der Waals surface area contributed by atoms with Crippen LogP contribution in [-0.4, -0.2) is 30.0 Å². The lowest BCUT2D eigenvalue weighted by Crippen LogP contribution is -2.30. The highest BCUT2D eigenvalue weighted by Gasteiger charge is 2.04. The maximum Gasteiger partial charge on any atom is 0.312 e. The van der Waals surface area contributed by atoms with Crippen molar-refractivity contribution < 1.29 is 9.59 Å². The molecule has 6 heteroatoms. The van der Waals surface area contributed by atoms with E-state index in [4.69, 9.17) is 5.73 Å². The number of pyridine rings is 1. The first-order chi connectivity index (χ1) is 11.7. The Bertz CT molecular complexity index is 682. The van der Waals surface area contributed by atoms with Gasteiger partial charge in [0, 0.05) is 31.1 Å². The Morgan fingerprint density at radius 1 is 1.00 bits per heavy atom. The summed E-state index contributed by atoms with van der Waals surface area (Å²) in [6, 6.07) is 9.56. The number of rotatable bonds is 9. The van der Waals surface area contributed by atoms with Crippen LogP contribution in [0.5, 0.6) is 0 Å². The van der Waals surface area contributed by atoms with Gasteiger partial charge in [0.2, 0.25) is 5.91 Å². The highest BCUT2D eigenvalue weighted by Crippen LogP contribution is 2.15. The third-order valence-corrected chi connectivity index (χ3v) is 3.81. The number of fused-ring (bicyclic) bond motifs is 1. The van der Waals surface area contributed by atoms with E-state index in [1.54, 1.807) is 6.20 Å². The molecule has 6 nitrogen and oxygen atoms in total. The first-order valence-corrected chi connectivity index (χ1v) is 8.29. The Morgan fingerprint density at radius 2 is 1.83 bits per heavy atom. The molecule has 0 saturated heterocycles. The first-order valence-electron chi connectivity index (χ1n) is 8.29. The van der Waals surface area contributed by atoms with Crippen molar-refractivity contribution in [1.82, 2.24) is 15.6 Å². The number of hydrogen-bond donors (Lipinski definition) is 3. The van der Waals surface area contributed by atoms with Crippen LogP contribution >= 0.6 is 0 Å². The van der Waals surface area contributed by atoms with E-state index in [0.717, 1.165) is 42.1 Å². The molecule has 0 aliphatic heterocycles. The molecule has 1 aromatic carbocycles. The lowest BCUT2D eigenvalue weighted by Gasteiger charge is -2.07. The number of nitrogens with two attached hydrogens (primary N) is 1. The summed E-state index contributed by atoms with van der Waals surface area (Å²) in [6.45, 7) is 1.17. The van der Waals surface area contributed by atoms with E-state index < -0.39 is 6.03 Å². The number of benzene rings is 1. The number of carbonyl (C=O) groups is 2. The highest BCUT2D eigenvalue weighted by molar-refractivity contribution is 5.81. The third-order valence-electron chi connectivity index (χ3n) is 3.81. The third kappa shape index (κ3) is 5.87. The maximum atomic E-state index is 11.8. The van der Waals surface area contributed by atoms with Crippen molar-refractivity contribution in [2.75, 3.05) is 13.1 Å². The smallest absolute Gasteiger partial charge is 0.312 e. The molecule has 0 fully saturated rings. The molecule has 128 valence electrons. The van der Waals surface area contributed by atoms with E-state index >= 15 is 0 Å². The lowest BCUT2D eigenvalue weighted by atomic mass is 10.1. The van der Waals surface area contributed by atoms with Gasteiger partial charge in [-0.2, -0.15) is 0 Å². The van der Waals surface area contributed by atoms with Gasteiger partial charge in [-0.3, -0.25) is 9.78 Å². The van der Waals surface area contributed by atoms with Crippen LogP contribution in [0.2, 0.25) is 0 Å². The molecule has 24 heavy (non-hydrogen) atoms. The standard InChI is InChI=1S/C18H24N4O2/c19-18(24)22-11-3-1-2-9-16(23)20-13-10-15-7-4-6-14-8-5-12-21-17(14)15/h4-8,12H,1-3,9-11,13H2,(H,20,23)(H3,19,22,24). The van der Waals surface area contributed by atoms with Crippen molar-refractivity contribution in [3.63, 3.8) is 0 Å². The molecule has 0 radical (unpaired) electrons. The van der Waals surface area contributed by atoms with Gasteiger partial charge in [0.15, 0.2) is 0 Å². The number of aromatic nitrogens is 1. The van der Waals surface area contributed by atoms with Crippen LogP contribution in [-0.2, 0) is 11.2 Å². The fourth-order valence-corrected chi connectivity index (χ4v) is 2.59. The topological polar surface area (TPSA) is 97.1 Å². The summed E-state index contributed by atoms with van der Waals surface area (Å²) < 4.78 is 0. The van der Waals surface area contributed by atoms with Crippen molar-refractivity contribution in [2.45, 2.75) is 32.1 Å². The summed E-state index contributed by atoms with van der Waals surface area (Å²) in [5, 5.41) is 6.60. The van der Waals surface area contributed by atoms with Crippen molar-refractivity contribution >= 4 is 22.8 Å². The minimum Gasteiger partial charge on any atom is -0.356 e. The molecule has 0 aliphatic carbocycles. The van der Waals surface area contributed by atoms with Crippen LogP contribution in [0.3, 0.4) is 0 Å². The molecule has 0 aliphatic rings. The molecule has 0 unspecified atom stereocenters. The SMILES string of the molecule is NC(=O)NCCCCCC(=O)NCCc1cccc2cccnc12. The number of amides is 3. The number of carbonyl (C=O) groups excluding carboxylic acids is 2. The van der Waals surface area contributed by atoms with E-state index in [0.29, 0.717) is 19.5 Å². The van der Waals surface area contributed by atoms with Gasteiger partial charge in [0.1, 0.15) is 0 Å². The Kier molecular flexibility index (Phi) is 7.01. The molecule has 4 N–H and O–H groups in total. The molecule has 3 amide bonds. The Labute approximate surface area is 141 Å². The zero-order valence-corrected chi connectivity index (χ0v) is 13.8. The average Bonchev–Trinajstić information content (AvgIpc) is 2.58. The molecule has 2 aromatic rings. The number of primary amides is 1. The molecule has 2 rings (SSSR count). The van der Waals surface area contributed by atoms with E-state index in [-0.39, 0.29) is 5.91 Å². The van der Waals surface area contributed by atoms with Gasteiger partial charge in [0.05, 0.1) is 5.52 Å². The Hall–Kier alpha value is -2.63. The van der Waals surface area contributed by atoms with Crippen molar-refractivity contribution in [3.8, 4) is 0 Å². The Morgan fingerprint density at radius 3 is 2.67 bits per heavy atom. The zero-order valence-electron chi connectivity index (χ0n) is 13.8. The van der Waals surface area contributed by atoms with Gasteiger partial charge >= 0.3 is 6.03 Å². The quantitative estimate of drug-likeness (QED) is 0.615. The summed E-state index contributed by atoms with van der Waals surface area (Å²) >= 11 is 0. The number of nitrogens with zero attached hydrogens (tertiary/aromatic N) is 1. The minimum atomic E-state index is -0.504. The molecule has 0 spiro atoms. The second kappa shape index (κ2) is 9.50. The zero-order chi connectivity index (χ0) is 17.2. The van der Waals surface area contributed by atoms with Crippen LogP contribution < -0.4 is 16.4 Å². The number of nitrogens with one attached hydrogen (secondary N) is 2. The molecule has 1 aromatic heterocycles. The van der Waals surface area contributed by atoms with Crippen LogP contribution in [0.1, 0.15) is 31.2 Å². The molecule has 0 saturated carbocycles. The van der Waals surface area contributed by atoms with Gasteiger partial charge in [0.25, 0.3) is 0 Å². The number of para-hydroxylation sites is 1. The number of urea groups is 1. The highest BCUT2D eigenvalue weighted by atomic mass is 16.2. The molecule has 0 bridgehead atoms. The van der Waals surface area contributed by atoms with Crippen LogP contribution in [0, 0.1) is 0 Å². The maximum absolute atomic E-state index is 11.8. The van der Waals surface area contributed by atoms with Crippen LogP contribution in [0.15, 0.2) is 36.5 Å². The molecular weight excluding hydrogens is 304 g/mol. The van der Waals surface area contributed by atoms with Gasteiger partial charge in [-0.1, -0.05) is 30.7 Å². The molecular formula is C18H24N4O2. The van der Waals surface area contributed by atoms with Gasteiger partial charge < -0.3 is 16.4 Å². The number of hydrogen-bond acceptors (Lipinski definition) is 3. The minimum absolute atomic E-state index is 0.0612. The summed E-state index contributed by atoms with van der Waals surface area (Å²) in [6.07, 6.45) is 5.59. The molecule has 1 heterocycles. The normalized spacial score (nSPS) is 10.5. The summed E-state index contributed by atoms with van der Waals surface area (Å²) in [5.74, 6) is 0.0612. The fourth-order valence-electron chi connectivity index (χ4n) is 2.59. The van der Waals surface area contributed by atoms with Crippen molar-refractivity contribution in [2.24, 2.45) is 5.73 Å².